The minimum Gasteiger partial charge on any atom is -0.396 e. The van der Waals surface area contributed by atoms with Crippen molar-refractivity contribution in [3.8, 4) is 10.6 Å². The van der Waals surface area contributed by atoms with Crippen LogP contribution in [-0.2, 0) is 6.42 Å². The highest BCUT2D eigenvalue weighted by atomic mass is 32.1. The summed E-state index contributed by atoms with van der Waals surface area (Å²) in [6, 6.07) is 13.5. The number of hydrogen-bond acceptors (Lipinski definition) is 6. The fourth-order valence-electron chi connectivity index (χ4n) is 4.16. The highest BCUT2D eigenvalue weighted by molar-refractivity contribution is 7.17. The van der Waals surface area contributed by atoms with E-state index in [-0.39, 0.29) is 24.2 Å². The van der Waals surface area contributed by atoms with Gasteiger partial charge in [0.05, 0.1) is 21.6 Å². The third-order valence-electron chi connectivity index (χ3n) is 5.83. The molecule has 0 saturated heterocycles. The van der Waals surface area contributed by atoms with E-state index in [1.807, 2.05) is 42.5 Å². The van der Waals surface area contributed by atoms with Crippen LogP contribution in [0, 0.1) is 11.8 Å². The second-order valence-electron chi connectivity index (χ2n) is 7.96. The van der Waals surface area contributed by atoms with Gasteiger partial charge in [0.2, 0.25) is 0 Å². The number of Topliss-reactive ketones (excluding diaryl/α,β-unsaturated/α-hetero) is 1. The first kappa shape index (κ1) is 20.8. The molecule has 2 heterocycles. The number of ketones is 1. The number of hydrogen-bond donors (Lipinski definition) is 2. The van der Waals surface area contributed by atoms with Crippen LogP contribution >= 0.6 is 11.3 Å². The summed E-state index contributed by atoms with van der Waals surface area (Å²) in [4.78, 5) is 23.7. The maximum atomic E-state index is 12.9. The van der Waals surface area contributed by atoms with Crippen LogP contribution < -0.4 is 0 Å². The predicted octanol–water partition coefficient (Wildman–Crippen LogP) is 4.44. The molecular weight excluding hydrogens is 396 g/mol. The molecule has 6 heteroatoms. The zero-order valence-corrected chi connectivity index (χ0v) is 17.8. The smallest absolute Gasteiger partial charge is 0.176 e. The number of aliphatic hydroxyl groups is 2. The average Bonchev–Trinajstić information content (AvgIpc) is 3.43. The van der Waals surface area contributed by atoms with Crippen molar-refractivity contribution in [2.45, 2.75) is 38.7 Å². The number of carbonyl (C=O) groups excluding carboxylic acids is 1. The molecule has 0 spiro atoms. The summed E-state index contributed by atoms with van der Waals surface area (Å²) in [5.41, 5.74) is 2.72. The lowest BCUT2D eigenvalue weighted by molar-refractivity contribution is 0.0855. The predicted molar refractivity (Wildman–Crippen MR) is 117 cm³/mol. The second kappa shape index (κ2) is 9.16. The van der Waals surface area contributed by atoms with Crippen LogP contribution in [0.5, 0.6) is 0 Å². The van der Waals surface area contributed by atoms with Crippen LogP contribution in [0.25, 0.3) is 10.6 Å². The van der Waals surface area contributed by atoms with Crippen molar-refractivity contribution >= 4 is 17.1 Å². The molecule has 3 aromatic rings. The third-order valence-corrected chi connectivity index (χ3v) is 6.96. The Morgan fingerprint density at radius 3 is 2.90 bits per heavy atom. The van der Waals surface area contributed by atoms with Gasteiger partial charge in [-0.05, 0) is 55.0 Å². The molecule has 2 unspecified atom stereocenters. The van der Waals surface area contributed by atoms with Gasteiger partial charge in [0.1, 0.15) is 5.82 Å². The summed E-state index contributed by atoms with van der Waals surface area (Å²) in [7, 11) is 0. The lowest BCUT2D eigenvalue weighted by Gasteiger charge is -2.14. The molecule has 5 nitrogen and oxygen atoms in total. The second-order valence-corrected chi connectivity index (χ2v) is 9.05. The number of aromatic nitrogens is 2. The lowest BCUT2D eigenvalue weighted by Crippen LogP contribution is -2.20. The first-order chi connectivity index (χ1) is 14.5. The van der Waals surface area contributed by atoms with E-state index in [0.717, 1.165) is 45.8 Å². The standard InChI is InChI=1S/C24H26N2O3S/c1-15(28)17-5-2-4-16(12-17)13-23-25-11-10-20(26-23)21-8-9-22(30-21)24(29)19-7-3-6-18(19)14-27/h2,4-5,8-12,15,18-19,27-28H,3,6-7,13-14H2,1H3/t15?,18-,19?/m0/s1. The lowest BCUT2D eigenvalue weighted by atomic mass is 9.92. The number of rotatable bonds is 7. The van der Waals surface area contributed by atoms with Crippen LogP contribution in [0.1, 0.15) is 58.9 Å². The molecule has 2 N–H and O–H groups in total. The number of carbonyl (C=O) groups is 1. The van der Waals surface area contributed by atoms with Gasteiger partial charge in [0, 0.05) is 25.1 Å². The Balaban J connectivity index is 1.52. The first-order valence-corrected chi connectivity index (χ1v) is 11.2. The SMILES string of the molecule is CC(O)c1cccc(Cc2nccc(-c3ccc(C(=O)C4CCC[C@H]4CO)s3)n2)c1. The van der Waals surface area contributed by atoms with Gasteiger partial charge >= 0.3 is 0 Å². The van der Waals surface area contributed by atoms with Crippen molar-refractivity contribution in [3.63, 3.8) is 0 Å². The van der Waals surface area contributed by atoms with Crippen molar-refractivity contribution < 1.29 is 15.0 Å². The van der Waals surface area contributed by atoms with Crippen LogP contribution in [0.3, 0.4) is 0 Å². The molecule has 0 bridgehead atoms. The highest BCUT2D eigenvalue weighted by Crippen LogP contribution is 2.36. The van der Waals surface area contributed by atoms with Crippen molar-refractivity contribution in [1.82, 2.24) is 9.97 Å². The Labute approximate surface area is 180 Å². The Morgan fingerprint density at radius 1 is 1.23 bits per heavy atom. The molecule has 1 fully saturated rings. The Kier molecular flexibility index (Phi) is 6.37. The highest BCUT2D eigenvalue weighted by Gasteiger charge is 2.33. The summed E-state index contributed by atoms with van der Waals surface area (Å²) in [6.45, 7) is 1.83. The average molecular weight is 423 g/mol. The van der Waals surface area contributed by atoms with Crippen LogP contribution in [0.2, 0.25) is 0 Å². The molecular formula is C24H26N2O3S. The van der Waals surface area contributed by atoms with E-state index in [4.69, 9.17) is 4.98 Å². The maximum Gasteiger partial charge on any atom is 0.176 e. The van der Waals surface area contributed by atoms with Crippen molar-refractivity contribution in [3.05, 3.63) is 70.5 Å². The van der Waals surface area contributed by atoms with E-state index in [9.17, 15) is 15.0 Å². The molecule has 0 radical (unpaired) electrons. The normalized spacial score (nSPS) is 19.7. The maximum absolute atomic E-state index is 12.9. The van der Waals surface area contributed by atoms with E-state index >= 15 is 0 Å². The fraction of sp³-hybridized carbons (Fsp3) is 0.375. The van der Waals surface area contributed by atoms with Gasteiger partial charge in [-0.3, -0.25) is 4.79 Å². The summed E-state index contributed by atoms with van der Waals surface area (Å²) >= 11 is 1.46. The first-order valence-electron chi connectivity index (χ1n) is 10.4. The molecule has 1 aliphatic rings. The Bertz CT molecular complexity index is 1030. The van der Waals surface area contributed by atoms with Gasteiger partial charge in [-0.15, -0.1) is 11.3 Å². The van der Waals surface area contributed by atoms with E-state index in [1.54, 1.807) is 13.1 Å². The minimum absolute atomic E-state index is 0.0661. The fourth-order valence-corrected chi connectivity index (χ4v) is 5.14. The monoisotopic (exact) mass is 422 g/mol. The molecule has 0 amide bonds. The molecule has 1 aliphatic carbocycles. The van der Waals surface area contributed by atoms with Gasteiger partial charge in [-0.2, -0.15) is 0 Å². The Morgan fingerprint density at radius 2 is 2.10 bits per heavy atom. The van der Waals surface area contributed by atoms with Crippen LogP contribution in [0.4, 0.5) is 0 Å². The zero-order valence-electron chi connectivity index (χ0n) is 17.0. The molecule has 3 atom stereocenters. The largest absolute Gasteiger partial charge is 0.396 e. The zero-order chi connectivity index (χ0) is 21.1. The van der Waals surface area contributed by atoms with Gasteiger partial charge in [-0.25, -0.2) is 9.97 Å². The number of nitrogens with zero attached hydrogens (tertiary/aromatic N) is 2. The van der Waals surface area contributed by atoms with Crippen molar-refractivity contribution in [1.29, 1.82) is 0 Å². The van der Waals surface area contributed by atoms with Gasteiger partial charge in [0.25, 0.3) is 0 Å². The number of aliphatic hydroxyl groups excluding tert-OH is 2. The molecule has 1 saturated carbocycles. The summed E-state index contributed by atoms with van der Waals surface area (Å²) in [6.07, 6.45) is 4.61. The van der Waals surface area contributed by atoms with E-state index in [2.05, 4.69) is 4.98 Å². The number of thiophene rings is 1. The van der Waals surface area contributed by atoms with Crippen LogP contribution in [-0.4, -0.2) is 32.6 Å². The number of benzene rings is 1. The molecule has 2 aromatic heterocycles. The van der Waals surface area contributed by atoms with Gasteiger partial charge in [-0.1, -0.05) is 30.7 Å². The molecule has 156 valence electrons. The summed E-state index contributed by atoms with van der Waals surface area (Å²) < 4.78 is 0. The van der Waals surface area contributed by atoms with E-state index in [0.29, 0.717) is 12.2 Å². The van der Waals surface area contributed by atoms with E-state index in [1.165, 1.54) is 11.3 Å². The van der Waals surface area contributed by atoms with Gasteiger partial charge < -0.3 is 10.2 Å². The van der Waals surface area contributed by atoms with E-state index < -0.39 is 6.10 Å². The third kappa shape index (κ3) is 4.51. The Hall–Kier alpha value is -2.41. The quantitative estimate of drug-likeness (QED) is 0.550. The van der Waals surface area contributed by atoms with Gasteiger partial charge in [0.15, 0.2) is 5.78 Å². The van der Waals surface area contributed by atoms with Crippen molar-refractivity contribution in [2.75, 3.05) is 6.61 Å². The van der Waals surface area contributed by atoms with Crippen LogP contribution in [0.15, 0.2) is 48.7 Å². The molecule has 4 rings (SSSR count). The summed E-state index contributed by atoms with van der Waals surface area (Å²) in [5, 5.41) is 19.3. The molecule has 30 heavy (non-hydrogen) atoms. The molecule has 0 aliphatic heterocycles. The topological polar surface area (TPSA) is 83.3 Å². The summed E-state index contributed by atoms with van der Waals surface area (Å²) in [5.74, 6) is 0.870. The minimum atomic E-state index is -0.510. The molecule has 1 aromatic carbocycles. The van der Waals surface area contributed by atoms with Crippen molar-refractivity contribution in [2.24, 2.45) is 11.8 Å².